The van der Waals surface area contributed by atoms with E-state index in [-0.39, 0.29) is 5.92 Å². The Bertz CT molecular complexity index is 904. The lowest BCUT2D eigenvalue weighted by molar-refractivity contribution is 0.199. The fourth-order valence-electron chi connectivity index (χ4n) is 3.60. The van der Waals surface area contributed by atoms with Crippen LogP contribution in [0.2, 0.25) is 0 Å². The summed E-state index contributed by atoms with van der Waals surface area (Å²) in [6.45, 7) is 4.33. The molecule has 0 saturated carbocycles. The van der Waals surface area contributed by atoms with E-state index in [1.807, 2.05) is 14.0 Å². The summed E-state index contributed by atoms with van der Waals surface area (Å²) in [5, 5.41) is 9.58. The lowest BCUT2D eigenvalue weighted by Gasteiger charge is -2.32. The molecule has 1 fully saturated rings. The van der Waals surface area contributed by atoms with Crippen LogP contribution in [0.25, 0.3) is 11.0 Å². The molecule has 1 saturated heterocycles. The van der Waals surface area contributed by atoms with Crippen molar-refractivity contribution in [3.63, 3.8) is 0 Å². The van der Waals surface area contributed by atoms with E-state index in [0.717, 1.165) is 48.5 Å². The molecule has 3 aromatic heterocycles. The smallest absolute Gasteiger partial charge is 0.231 e. The van der Waals surface area contributed by atoms with Gasteiger partial charge in [-0.05, 0) is 19.8 Å². The largest absolute Gasteiger partial charge is 0.384 e. The number of nitrogens with zero attached hydrogens (tertiary/aromatic N) is 7. The zero-order valence-corrected chi connectivity index (χ0v) is 15.3. The molecule has 26 heavy (non-hydrogen) atoms. The van der Waals surface area contributed by atoms with Crippen LogP contribution in [0.1, 0.15) is 36.2 Å². The highest BCUT2D eigenvalue weighted by molar-refractivity contribution is 5.89. The van der Waals surface area contributed by atoms with Gasteiger partial charge in [-0.25, -0.2) is 9.97 Å². The molecule has 4 rings (SSSR count). The van der Waals surface area contributed by atoms with Crippen LogP contribution in [0.3, 0.4) is 0 Å². The van der Waals surface area contributed by atoms with E-state index in [9.17, 15) is 0 Å². The van der Waals surface area contributed by atoms with E-state index in [1.165, 1.54) is 0 Å². The minimum atomic E-state index is 0.203. The Morgan fingerprint density at radius 3 is 3.08 bits per heavy atom. The van der Waals surface area contributed by atoms with Gasteiger partial charge in [0, 0.05) is 33.7 Å². The maximum absolute atomic E-state index is 5.51. The standard InChI is InChI=1S/C17H23N7O2/c1-11-14-15(23(2)21-11)18-10-19-16(14)24-7-4-5-12(9-24)17-20-13(22-26-17)6-8-25-3/h10,12H,4-9H2,1-3H3. The Balaban J connectivity index is 1.58. The second-order valence-corrected chi connectivity index (χ2v) is 6.68. The summed E-state index contributed by atoms with van der Waals surface area (Å²) in [7, 11) is 3.58. The van der Waals surface area contributed by atoms with Crippen LogP contribution in [-0.4, -0.2) is 56.7 Å². The molecule has 1 atom stereocenters. The molecule has 1 aliphatic heterocycles. The third-order valence-electron chi connectivity index (χ3n) is 4.86. The Hall–Kier alpha value is -2.55. The van der Waals surface area contributed by atoms with Crippen LogP contribution in [-0.2, 0) is 18.2 Å². The topological polar surface area (TPSA) is 95.0 Å². The first-order valence-electron chi connectivity index (χ1n) is 8.88. The first-order chi connectivity index (χ1) is 12.7. The molecule has 0 bridgehead atoms. The van der Waals surface area contributed by atoms with Crippen LogP contribution < -0.4 is 4.90 Å². The lowest BCUT2D eigenvalue weighted by atomic mass is 9.97. The van der Waals surface area contributed by atoms with Crippen molar-refractivity contribution in [2.24, 2.45) is 7.05 Å². The average molecular weight is 357 g/mol. The van der Waals surface area contributed by atoms with Gasteiger partial charge in [0.15, 0.2) is 11.5 Å². The van der Waals surface area contributed by atoms with Gasteiger partial charge >= 0.3 is 0 Å². The van der Waals surface area contributed by atoms with Crippen LogP contribution >= 0.6 is 0 Å². The number of aromatic nitrogens is 6. The molecule has 9 nitrogen and oxygen atoms in total. The molecule has 9 heteroatoms. The van der Waals surface area contributed by atoms with Crippen LogP contribution in [0, 0.1) is 6.92 Å². The monoisotopic (exact) mass is 357 g/mol. The maximum atomic E-state index is 5.51. The summed E-state index contributed by atoms with van der Waals surface area (Å²) in [5.74, 6) is 2.54. The SMILES string of the molecule is COCCc1noc(C2CCCN(c3ncnc4c3c(C)nn4C)C2)n1. The van der Waals surface area contributed by atoms with E-state index in [2.05, 4.69) is 30.1 Å². The number of methoxy groups -OCH3 is 1. The summed E-state index contributed by atoms with van der Waals surface area (Å²) in [6, 6.07) is 0. The van der Waals surface area contributed by atoms with E-state index in [1.54, 1.807) is 18.1 Å². The Morgan fingerprint density at radius 2 is 2.23 bits per heavy atom. The first kappa shape index (κ1) is 16.9. The predicted octanol–water partition coefficient (Wildman–Crippen LogP) is 1.63. The van der Waals surface area contributed by atoms with Crippen LogP contribution in [0.15, 0.2) is 10.9 Å². The number of hydrogen-bond acceptors (Lipinski definition) is 8. The minimum Gasteiger partial charge on any atom is -0.384 e. The molecule has 0 radical (unpaired) electrons. The third kappa shape index (κ3) is 3.03. The van der Waals surface area contributed by atoms with E-state index in [0.29, 0.717) is 24.7 Å². The number of ether oxygens (including phenoxy) is 1. The fourth-order valence-corrected chi connectivity index (χ4v) is 3.60. The highest BCUT2D eigenvalue weighted by Gasteiger charge is 2.28. The molecule has 4 heterocycles. The second-order valence-electron chi connectivity index (χ2n) is 6.68. The number of fused-ring (bicyclic) bond motifs is 1. The molecule has 0 N–H and O–H groups in total. The van der Waals surface area contributed by atoms with Crippen LogP contribution in [0.4, 0.5) is 5.82 Å². The quantitative estimate of drug-likeness (QED) is 0.680. The molecule has 1 unspecified atom stereocenters. The summed E-state index contributed by atoms with van der Waals surface area (Å²) in [6.07, 6.45) is 4.35. The molecule has 138 valence electrons. The molecule has 0 aromatic carbocycles. The van der Waals surface area contributed by atoms with Crippen molar-refractivity contribution >= 4 is 16.9 Å². The normalized spacial score (nSPS) is 18.0. The zero-order chi connectivity index (χ0) is 18.1. The average Bonchev–Trinajstić information content (AvgIpc) is 3.25. The van der Waals surface area contributed by atoms with Gasteiger partial charge < -0.3 is 14.2 Å². The van der Waals surface area contributed by atoms with Gasteiger partial charge in [0.1, 0.15) is 12.1 Å². The summed E-state index contributed by atoms with van der Waals surface area (Å²) >= 11 is 0. The number of aryl methyl sites for hydroxylation is 2. The van der Waals surface area contributed by atoms with Crippen LogP contribution in [0.5, 0.6) is 0 Å². The highest BCUT2D eigenvalue weighted by atomic mass is 16.5. The van der Waals surface area contributed by atoms with Gasteiger partial charge in [-0.2, -0.15) is 10.1 Å². The van der Waals surface area contributed by atoms with Crippen molar-refractivity contribution < 1.29 is 9.26 Å². The molecule has 0 amide bonds. The van der Waals surface area contributed by atoms with Crippen molar-refractivity contribution in [3.05, 3.63) is 23.7 Å². The molecule has 0 aliphatic carbocycles. The van der Waals surface area contributed by atoms with Gasteiger partial charge in [-0.1, -0.05) is 5.16 Å². The Labute approximate surface area is 151 Å². The van der Waals surface area contributed by atoms with E-state index >= 15 is 0 Å². The van der Waals surface area contributed by atoms with Gasteiger partial charge in [0.25, 0.3) is 0 Å². The predicted molar refractivity (Wildman–Crippen MR) is 95.1 cm³/mol. The summed E-state index contributed by atoms with van der Waals surface area (Å²) in [4.78, 5) is 15.8. The van der Waals surface area contributed by atoms with Crippen molar-refractivity contribution in [2.75, 3.05) is 31.7 Å². The second kappa shape index (κ2) is 6.99. The van der Waals surface area contributed by atoms with E-state index in [4.69, 9.17) is 9.26 Å². The van der Waals surface area contributed by atoms with Crippen molar-refractivity contribution in [3.8, 4) is 0 Å². The van der Waals surface area contributed by atoms with Crippen molar-refractivity contribution in [1.29, 1.82) is 0 Å². The van der Waals surface area contributed by atoms with Gasteiger partial charge in [-0.3, -0.25) is 4.68 Å². The van der Waals surface area contributed by atoms with Gasteiger partial charge in [0.05, 0.1) is 23.6 Å². The maximum Gasteiger partial charge on any atom is 0.231 e. The number of piperidine rings is 1. The summed E-state index contributed by atoms with van der Waals surface area (Å²) < 4.78 is 12.4. The first-order valence-corrected chi connectivity index (χ1v) is 8.88. The Morgan fingerprint density at radius 1 is 1.35 bits per heavy atom. The fraction of sp³-hybridized carbons (Fsp3) is 0.588. The number of hydrogen-bond donors (Lipinski definition) is 0. The molecular formula is C17H23N7O2. The number of anilines is 1. The van der Waals surface area contributed by atoms with Crippen molar-refractivity contribution in [1.82, 2.24) is 29.9 Å². The lowest BCUT2D eigenvalue weighted by Crippen LogP contribution is -2.35. The summed E-state index contributed by atoms with van der Waals surface area (Å²) in [5.41, 5.74) is 1.80. The van der Waals surface area contributed by atoms with E-state index < -0.39 is 0 Å². The van der Waals surface area contributed by atoms with Gasteiger partial charge in [-0.15, -0.1) is 0 Å². The molecule has 3 aromatic rings. The molecule has 1 aliphatic rings. The minimum absolute atomic E-state index is 0.203. The Kier molecular flexibility index (Phi) is 4.54. The zero-order valence-electron chi connectivity index (χ0n) is 15.3. The van der Waals surface area contributed by atoms with Crippen molar-refractivity contribution in [2.45, 2.75) is 32.1 Å². The van der Waals surface area contributed by atoms with Gasteiger partial charge in [0.2, 0.25) is 5.89 Å². The number of rotatable bonds is 5. The molecule has 0 spiro atoms. The molecular weight excluding hydrogens is 334 g/mol. The third-order valence-corrected chi connectivity index (χ3v) is 4.86. The highest BCUT2D eigenvalue weighted by Crippen LogP contribution is 2.32.